The molecule has 5 fully saturated rings. The number of amides is 2. The molecule has 0 saturated heterocycles. The van der Waals surface area contributed by atoms with Gasteiger partial charge in [0, 0.05) is 24.3 Å². The smallest absolute Gasteiger partial charge is 0.249 e. The fraction of sp³-hybridized carbons (Fsp3) is 0.857. The number of rotatable bonds is 4. The van der Waals surface area contributed by atoms with Gasteiger partial charge in [0.1, 0.15) is 0 Å². The fourth-order valence-corrected chi connectivity index (χ4v) is 11.3. The summed E-state index contributed by atoms with van der Waals surface area (Å²) in [5.41, 5.74) is 3.41. The highest BCUT2D eigenvalue weighted by atomic mass is 16.7. The van der Waals surface area contributed by atoms with Crippen LogP contribution >= 0.6 is 0 Å². The summed E-state index contributed by atoms with van der Waals surface area (Å²) in [6.45, 7) is 18.1. The van der Waals surface area contributed by atoms with Gasteiger partial charge >= 0.3 is 0 Å². The van der Waals surface area contributed by atoms with E-state index in [-0.39, 0.29) is 62.9 Å². The quantitative estimate of drug-likeness (QED) is 0.372. The molecule has 228 valence electrons. The molecule has 6 heteroatoms. The molecule has 0 aromatic rings. The van der Waals surface area contributed by atoms with E-state index in [1.54, 1.807) is 6.92 Å². The highest BCUT2D eigenvalue weighted by Gasteiger charge is 2.70. The largest absolute Gasteiger partial charge is 0.353 e. The van der Waals surface area contributed by atoms with Crippen molar-refractivity contribution in [3.63, 3.8) is 0 Å². The van der Waals surface area contributed by atoms with E-state index in [1.165, 1.54) is 5.57 Å². The van der Waals surface area contributed by atoms with Crippen LogP contribution in [0.1, 0.15) is 126 Å². The van der Waals surface area contributed by atoms with Crippen LogP contribution in [0.5, 0.6) is 0 Å². The van der Waals surface area contributed by atoms with E-state index < -0.39 is 5.41 Å². The summed E-state index contributed by atoms with van der Waals surface area (Å²) in [6.07, 6.45) is 13.2. The van der Waals surface area contributed by atoms with Crippen molar-refractivity contribution in [1.82, 2.24) is 10.8 Å². The highest BCUT2D eigenvalue weighted by molar-refractivity contribution is 5.95. The first kappa shape index (κ1) is 29.4. The monoisotopic (exact) mass is 566 g/mol. The molecule has 0 radical (unpaired) electrons. The topological polar surface area (TPSA) is 84.5 Å². The second-order valence-corrected chi connectivity index (χ2v) is 17.1. The molecule has 0 aliphatic heterocycles. The number of ketones is 1. The molecular weight excluding hydrogens is 512 g/mol. The van der Waals surface area contributed by atoms with E-state index in [0.717, 1.165) is 70.6 Å². The molecule has 2 N–H and O–H groups in total. The van der Waals surface area contributed by atoms with Crippen molar-refractivity contribution in [2.45, 2.75) is 138 Å². The molecular formula is C35H54N2O4. The highest BCUT2D eigenvalue weighted by Crippen LogP contribution is 2.75. The lowest BCUT2D eigenvalue weighted by molar-refractivity contribution is -0.189. The Labute approximate surface area is 247 Å². The van der Waals surface area contributed by atoms with Crippen LogP contribution in [-0.2, 0) is 19.2 Å². The van der Waals surface area contributed by atoms with Gasteiger partial charge in [0.05, 0.1) is 6.10 Å². The molecule has 6 aliphatic rings. The molecule has 2 amide bonds. The van der Waals surface area contributed by atoms with Gasteiger partial charge < -0.3 is 5.32 Å². The summed E-state index contributed by atoms with van der Waals surface area (Å²) < 4.78 is 0. The Morgan fingerprint density at radius 2 is 1.56 bits per heavy atom. The molecule has 1 unspecified atom stereocenters. The number of allylic oxidation sites excluding steroid dienone is 2. The first-order valence-corrected chi connectivity index (χ1v) is 16.5. The second kappa shape index (κ2) is 9.16. The number of hydrogen-bond acceptors (Lipinski definition) is 4. The molecule has 5 saturated carbocycles. The molecule has 41 heavy (non-hydrogen) atoms. The molecule has 0 aromatic carbocycles. The van der Waals surface area contributed by atoms with Gasteiger partial charge in [0.15, 0.2) is 5.78 Å². The summed E-state index contributed by atoms with van der Waals surface area (Å²) in [5.74, 6) is 0.957. The number of hydrogen-bond donors (Lipinski definition) is 2. The number of carbonyl (C=O) groups excluding carboxylic acids is 3. The van der Waals surface area contributed by atoms with Crippen molar-refractivity contribution < 1.29 is 19.2 Å². The molecule has 6 aliphatic carbocycles. The summed E-state index contributed by atoms with van der Waals surface area (Å²) in [6, 6.07) is 0.146. The van der Waals surface area contributed by atoms with Gasteiger partial charge in [0.25, 0.3) is 0 Å². The van der Waals surface area contributed by atoms with Crippen LogP contribution in [0.4, 0.5) is 0 Å². The Kier molecular flexibility index (Phi) is 6.56. The molecule has 6 rings (SSSR count). The van der Waals surface area contributed by atoms with Gasteiger partial charge in [-0.2, -0.15) is 0 Å². The Balaban J connectivity index is 1.35. The lowest BCUT2D eigenvalue weighted by Crippen LogP contribution is -2.67. The third-order valence-corrected chi connectivity index (χ3v) is 14.4. The lowest BCUT2D eigenvalue weighted by Gasteiger charge is -2.70. The van der Waals surface area contributed by atoms with E-state index in [0.29, 0.717) is 11.7 Å². The van der Waals surface area contributed by atoms with Gasteiger partial charge in [0.2, 0.25) is 11.8 Å². The first-order chi connectivity index (χ1) is 19.0. The molecule has 6 nitrogen and oxygen atoms in total. The van der Waals surface area contributed by atoms with Crippen molar-refractivity contribution in [2.24, 2.45) is 50.2 Å². The van der Waals surface area contributed by atoms with E-state index in [2.05, 4.69) is 65.3 Å². The minimum atomic E-state index is -0.491. The van der Waals surface area contributed by atoms with E-state index in [9.17, 15) is 14.4 Å². The van der Waals surface area contributed by atoms with Gasteiger partial charge in [-0.05, 0) is 116 Å². The van der Waals surface area contributed by atoms with E-state index in [1.807, 2.05) is 0 Å². The fourth-order valence-electron chi connectivity index (χ4n) is 11.3. The van der Waals surface area contributed by atoms with Gasteiger partial charge in [-0.1, -0.05) is 54.0 Å². The molecule has 0 heterocycles. The Morgan fingerprint density at radius 3 is 2.22 bits per heavy atom. The van der Waals surface area contributed by atoms with Crippen LogP contribution in [0.25, 0.3) is 0 Å². The molecule has 0 aromatic heterocycles. The summed E-state index contributed by atoms with van der Waals surface area (Å²) in [5, 5.41) is 3.26. The van der Waals surface area contributed by atoms with Crippen LogP contribution in [-0.4, -0.2) is 29.7 Å². The maximum absolute atomic E-state index is 14.6. The SMILES string of the molecule is CC(=O)N[C@H]1CC[C@@]2(C)C(CC[C@]3(C)[C@@H]2C(=O)C=C2[C@@H]4C[C@@](C)(C(=O)NOC5CC5)CC[C@]4(C)CC[C@]23C)C1(C)C. The average Bonchev–Trinajstić information content (AvgIpc) is 3.71. The van der Waals surface area contributed by atoms with Crippen LogP contribution in [0.15, 0.2) is 11.6 Å². The number of fused-ring (bicyclic) bond motifs is 7. The van der Waals surface area contributed by atoms with Gasteiger partial charge in [-0.25, -0.2) is 5.48 Å². The summed E-state index contributed by atoms with van der Waals surface area (Å²) in [7, 11) is 0. The molecule has 0 bridgehead atoms. The minimum absolute atomic E-state index is 0.0109. The van der Waals surface area contributed by atoms with Crippen molar-refractivity contribution in [3.05, 3.63) is 11.6 Å². The van der Waals surface area contributed by atoms with E-state index >= 15 is 0 Å². The van der Waals surface area contributed by atoms with E-state index in [4.69, 9.17) is 4.84 Å². The normalized spacial score (nSPS) is 48.5. The third-order valence-electron chi connectivity index (χ3n) is 14.4. The number of hydroxylamine groups is 1. The minimum Gasteiger partial charge on any atom is -0.353 e. The number of nitrogens with one attached hydrogen (secondary N) is 2. The maximum atomic E-state index is 14.6. The summed E-state index contributed by atoms with van der Waals surface area (Å²) in [4.78, 5) is 45.7. The van der Waals surface area contributed by atoms with Crippen molar-refractivity contribution in [2.75, 3.05) is 0 Å². The standard InChI is InChI=1S/C35H54N2O4/c1-21(38)36-27-12-13-33(6)26(30(27,2)3)11-14-35(8)28(33)25(39)19-23-24-20-32(5,29(40)37-41-22-9-10-22)16-15-31(24,4)17-18-34(23,35)7/h19,22,24,26-28H,9-18,20H2,1-8H3,(H,36,38)(H,37,40)/t24-,26?,27-,28+,31+,32-,33-,34+,35+/m0/s1. The van der Waals surface area contributed by atoms with Gasteiger partial charge in [-0.3, -0.25) is 19.2 Å². The number of carbonyl (C=O) groups is 3. The van der Waals surface area contributed by atoms with Crippen LogP contribution < -0.4 is 10.8 Å². The lowest BCUT2D eigenvalue weighted by atomic mass is 9.33. The van der Waals surface area contributed by atoms with Crippen molar-refractivity contribution >= 4 is 17.6 Å². The Hall–Kier alpha value is -1.69. The zero-order valence-electron chi connectivity index (χ0n) is 26.9. The third kappa shape index (κ3) is 4.15. The second-order valence-electron chi connectivity index (χ2n) is 17.1. The molecule has 0 spiro atoms. The first-order valence-electron chi connectivity index (χ1n) is 16.5. The zero-order chi connectivity index (χ0) is 29.8. The van der Waals surface area contributed by atoms with Crippen molar-refractivity contribution in [1.29, 1.82) is 0 Å². The predicted octanol–water partition coefficient (Wildman–Crippen LogP) is 6.68. The maximum Gasteiger partial charge on any atom is 0.249 e. The van der Waals surface area contributed by atoms with Crippen LogP contribution in [0.2, 0.25) is 0 Å². The average molecular weight is 567 g/mol. The Bertz CT molecular complexity index is 1190. The molecule has 9 atom stereocenters. The van der Waals surface area contributed by atoms with Crippen molar-refractivity contribution in [3.8, 4) is 0 Å². The zero-order valence-corrected chi connectivity index (χ0v) is 26.9. The van der Waals surface area contributed by atoms with Gasteiger partial charge in [-0.15, -0.1) is 0 Å². The predicted molar refractivity (Wildman–Crippen MR) is 159 cm³/mol. The summed E-state index contributed by atoms with van der Waals surface area (Å²) >= 11 is 0. The Morgan fingerprint density at radius 1 is 0.878 bits per heavy atom. The van der Waals surface area contributed by atoms with Crippen LogP contribution in [0.3, 0.4) is 0 Å². The van der Waals surface area contributed by atoms with Crippen LogP contribution in [0, 0.1) is 50.2 Å².